The van der Waals surface area contributed by atoms with Crippen LogP contribution in [0.3, 0.4) is 0 Å². The van der Waals surface area contributed by atoms with E-state index in [1.165, 1.54) is 19.3 Å². The summed E-state index contributed by atoms with van der Waals surface area (Å²) >= 11 is 0. The predicted octanol–water partition coefficient (Wildman–Crippen LogP) is 3.22. The second-order valence-electron chi connectivity index (χ2n) is 4.84. The quantitative estimate of drug-likeness (QED) is 0.783. The third-order valence-electron chi connectivity index (χ3n) is 3.42. The Morgan fingerprint density at radius 3 is 2.82 bits per heavy atom. The van der Waals surface area contributed by atoms with Gasteiger partial charge in [0.15, 0.2) is 0 Å². The molecule has 0 aromatic carbocycles. The van der Waals surface area contributed by atoms with Gasteiger partial charge in [-0.25, -0.2) is 4.98 Å². The molecule has 1 fully saturated rings. The van der Waals surface area contributed by atoms with Crippen LogP contribution in [0.25, 0.3) is 0 Å². The van der Waals surface area contributed by atoms with Gasteiger partial charge in [0.2, 0.25) is 5.88 Å². The summed E-state index contributed by atoms with van der Waals surface area (Å²) in [6, 6.07) is 5.77. The molecule has 1 saturated carbocycles. The Kier molecular flexibility index (Phi) is 3.63. The largest absolute Gasteiger partial charge is 0.473 e. The molecule has 0 amide bonds. The molecule has 1 aromatic heterocycles. The Bertz CT molecular complexity index is 436. The topological polar surface area (TPSA) is 45.9 Å². The first-order chi connectivity index (χ1) is 8.20. The van der Waals surface area contributed by atoms with Gasteiger partial charge in [-0.15, -0.1) is 0 Å². The maximum absolute atomic E-state index is 9.03. The minimum atomic E-state index is 0.213. The van der Waals surface area contributed by atoms with Crippen LogP contribution in [-0.4, -0.2) is 11.1 Å². The van der Waals surface area contributed by atoms with Gasteiger partial charge in [0, 0.05) is 5.69 Å². The molecule has 3 nitrogen and oxygen atoms in total. The van der Waals surface area contributed by atoms with Gasteiger partial charge >= 0.3 is 0 Å². The molecular formula is C14H18N2O. The third-order valence-corrected chi connectivity index (χ3v) is 3.42. The van der Waals surface area contributed by atoms with Crippen molar-refractivity contribution in [3.8, 4) is 11.9 Å². The Hall–Kier alpha value is -1.56. The summed E-state index contributed by atoms with van der Waals surface area (Å²) in [6.07, 6.45) is 4.99. The fourth-order valence-electron chi connectivity index (χ4n) is 2.31. The minimum absolute atomic E-state index is 0.213. The second kappa shape index (κ2) is 5.18. The highest BCUT2D eigenvalue weighted by atomic mass is 16.5. The molecule has 0 bridgehead atoms. The van der Waals surface area contributed by atoms with Gasteiger partial charge in [-0.2, -0.15) is 5.26 Å². The van der Waals surface area contributed by atoms with E-state index in [0.717, 1.165) is 12.1 Å². The van der Waals surface area contributed by atoms with Crippen molar-refractivity contribution in [3.05, 3.63) is 23.4 Å². The van der Waals surface area contributed by atoms with E-state index in [1.54, 1.807) is 6.07 Å². The van der Waals surface area contributed by atoms with E-state index in [9.17, 15) is 0 Å². The number of rotatable bonds is 2. The number of hydrogen-bond acceptors (Lipinski definition) is 3. The van der Waals surface area contributed by atoms with E-state index in [-0.39, 0.29) is 6.10 Å². The van der Waals surface area contributed by atoms with Crippen molar-refractivity contribution in [2.45, 2.75) is 45.6 Å². The Morgan fingerprint density at radius 1 is 1.35 bits per heavy atom. The van der Waals surface area contributed by atoms with Gasteiger partial charge in [-0.1, -0.05) is 13.3 Å². The van der Waals surface area contributed by atoms with Crippen molar-refractivity contribution in [2.75, 3.05) is 0 Å². The van der Waals surface area contributed by atoms with Gasteiger partial charge in [0.05, 0.1) is 0 Å². The summed E-state index contributed by atoms with van der Waals surface area (Å²) in [5, 5.41) is 9.03. The normalized spacial score (nSPS) is 24.1. The van der Waals surface area contributed by atoms with Crippen molar-refractivity contribution in [1.82, 2.24) is 4.98 Å². The molecule has 0 saturated heterocycles. The Balaban J connectivity index is 2.17. The van der Waals surface area contributed by atoms with Gasteiger partial charge in [0.25, 0.3) is 0 Å². The lowest BCUT2D eigenvalue weighted by atomic mass is 9.88. The van der Waals surface area contributed by atoms with Crippen molar-refractivity contribution in [2.24, 2.45) is 5.92 Å². The molecule has 0 spiro atoms. The lowest BCUT2D eigenvalue weighted by molar-refractivity contribution is 0.0971. The molecule has 2 rings (SSSR count). The fourth-order valence-corrected chi connectivity index (χ4v) is 2.31. The van der Waals surface area contributed by atoms with Gasteiger partial charge in [0.1, 0.15) is 17.7 Å². The first-order valence-corrected chi connectivity index (χ1v) is 6.25. The predicted molar refractivity (Wildman–Crippen MR) is 65.7 cm³/mol. The van der Waals surface area contributed by atoms with Gasteiger partial charge in [-0.05, 0) is 44.2 Å². The van der Waals surface area contributed by atoms with E-state index >= 15 is 0 Å². The van der Waals surface area contributed by atoms with Crippen LogP contribution in [0.4, 0.5) is 0 Å². The van der Waals surface area contributed by atoms with E-state index in [1.807, 2.05) is 13.0 Å². The molecule has 17 heavy (non-hydrogen) atoms. The third kappa shape index (κ3) is 2.76. The van der Waals surface area contributed by atoms with Crippen molar-refractivity contribution in [3.63, 3.8) is 0 Å². The first-order valence-electron chi connectivity index (χ1n) is 6.25. The van der Waals surface area contributed by atoms with E-state index in [2.05, 4.69) is 18.0 Å². The second-order valence-corrected chi connectivity index (χ2v) is 4.84. The van der Waals surface area contributed by atoms with Crippen molar-refractivity contribution < 1.29 is 4.74 Å². The zero-order chi connectivity index (χ0) is 12.3. The lowest BCUT2D eigenvalue weighted by Gasteiger charge is -2.29. The van der Waals surface area contributed by atoms with E-state index in [4.69, 9.17) is 10.00 Å². The van der Waals surface area contributed by atoms with Gasteiger partial charge < -0.3 is 4.74 Å². The summed E-state index contributed by atoms with van der Waals surface area (Å²) in [5.41, 5.74) is 1.43. The van der Waals surface area contributed by atoms with Crippen LogP contribution in [0.1, 0.15) is 43.9 Å². The summed E-state index contributed by atoms with van der Waals surface area (Å²) in [7, 11) is 0. The van der Waals surface area contributed by atoms with Crippen LogP contribution < -0.4 is 4.74 Å². The highest BCUT2D eigenvalue weighted by molar-refractivity contribution is 5.38. The number of hydrogen-bond donors (Lipinski definition) is 0. The van der Waals surface area contributed by atoms with Crippen LogP contribution >= 0.6 is 0 Å². The van der Waals surface area contributed by atoms with Crippen LogP contribution in [0.2, 0.25) is 0 Å². The summed E-state index contributed by atoms with van der Waals surface area (Å²) < 4.78 is 5.94. The fraction of sp³-hybridized carbons (Fsp3) is 0.571. The summed E-state index contributed by atoms with van der Waals surface area (Å²) in [5.74, 6) is 1.06. The smallest absolute Gasteiger partial charge is 0.232 e. The molecular weight excluding hydrogens is 212 g/mol. The molecule has 2 atom stereocenters. The molecule has 1 aliphatic rings. The summed E-state index contributed by atoms with van der Waals surface area (Å²) in [6.45, 7) is 4.13. The maximum Gasteiger partial charge on any atom is 0.232 e. The monoisotopic (exact) mass is 230 g/mol. The SMILES string of the molecule is Cc1ccc(C#N)c(OC2CCCCC2C)n1. The van der Waals surface area contributed by atoms with Crippen molar-refractivity contribution >= 4 is 0 Å². The van der Waals surface area contributed by atoms with Crippen LogP contribution in [0, 0.1) is 24.2 Å². The summed E-state index contributed by atoms with van der Waals surface area (Å²) in [4.78, 5) is 4.33. The molecule has 1 aliphatic carbocycles. The minimum Gasteiger partial charge on any atom is -0.473 e. The zero-order valence-corrected chi connectivity index (χ0v) is 10.4. The Morgan fingerprint density at radius 2 is 2.12 bits per heavy atom. The molecule has 0 aliphatic heterocycles. The van der Waals surface area contributed by atoms with E-state index < -0.39 is 0 Å². The number of nitrogens with zero attached hydrogens (tertiary/aromatic N) is 2. The molecule has 90 valence electrons. The number of ether oxygens (including phenoxy) is 1. The van der Waals surface area contributed by atoms with Crippen LogP contribution in [0.5, 0.6) is 5.88 Å². The molecule has 1 aromatic rings. The van der Waals surface area contributed by atoms with Crippen molar-refractivity contribution in [1.29, 1.82) is 5.26 Å². The zero-order valence-electron chi connectivity index (χ0n) is 10.4. The standard InChI is InChI=1S/C14H18N2O/c1-10-5-3-4-6-13(10)17-14-12(9-15)8-7-11(2)16-14/h7-8,10,13H,3-6H2,1-2H3. The molecule has 3 heteroatoms. The highest BCUT2D eigenvalue weighted by Gasteiger charge is 2.24. The number of pyridine rings is 1. The molecule has 0 N–H and O–H groups in total. The molecule has 2 unspecified atom stereocenters. The number of nitriles is 1. The highest BCUT2D eigenvalue weighted by Crippen LogP contribution is 2.28. The first kappa shape index (κ1) is 11.9. The molecule has 0 radical (unpaired) electrons. The van der Waals surface area contributed by atoms with Crippen LogP contribution in [-0.2, 0) is 0 Å². The number of aromatic nitrogens is 1. The van der Waals surface area contributed by atoms with Crippen LogP contribution in [0.15, 0.2) is 12.1 Å². The molecule has 1 heterocycles. The van der Waals surface area contributed by atoms with Gasteiger partial charge in [-0.3, -0.25) is 0 Å². The maximum atomic E-state index is 9.03. The average molecular weight is 230 g/mol. The average Bonchev–Trinajstić information content (AvgIpc) is 2.32. The number of aryl methyl sites for hydroxylation is 1. The Labute approximate surface area is 102 Å². The lowest BCUT2D eigenvalue weighted by Crippen LogP contribution is -2.29. The van der Waals surface area contributed by atoms with E-state index in [0.29, 0.717) is 17.4 Å².